The smallest absolute Gasteiger partial charge is 0.140 e. The third-order valence-electron chi connectivity index (χ3n) is 3.03. The zero-order chi connectivity index (χ0) is 7.19. The van der Waals surface area contributed by atoms with Crippen LogP contribution in [0.25, 0.3) is 0 Å². The monoisotopic (exact) mass is 202 g/mol. The average molecular weight is 203 g/mol. The number of alkyl halides is 1. The summed E-state index contributed by atoms with van der Waals surface area (Å²) in [7, 11) is 0. The van der Waals surface area contributed by atoms with Crippen molar-refractivity contribution in [3.8, 4) is 0 Å². The van der Waals surface area contributed by atoms with Gasteiger partial charge in [-0.3, -0.25) is 4.79 Å². The fourth-order valence-corrected chi connectivity index (χ4v) is 3.16. The highest BCUT2D eigenvalue weighted by atomic mass is 79.9. The Bertz CT molecular complexity index is 178. The van der Waals surface area contributed by atoms with E-state index in [4.69, 9.17) is 0 Å². The average Bonchev–Trinajstić information content (AvgIpc) is 2.44. The van der Waals surface area contributed by atoms with E-state index in [1.807, 2.05) is 0 Å². The van der Waals surface area contributed by atoms with E-state index in [-0.39, 0.29) is 5.41 Å². The van der Waals surface area contributed by atoms with Gasteiger partial charge in [0.05, 0.1) is 0 Å². The Morgan fingerprint density at radius 2 is 2.50 bits per heavy atom. The van der Waals surface area contributed by atoms with Crippen molar-refractivity contribution in [1.82, 2.24) is 0 Å². The molecule has 0 N–H and O–H groups in total. The van der Waals surface area contributed by atoms with Crippen LogP contribution < -0.4 is 0 Å². The maximum absolute atomic E-state index is 11.4. The summed E-state index contributed by atoms with van der Waals surface area (Å²) in [5.41, 5.74) is 0.0880. The second-order valence-electron chi connectivity index (χ2n) is 3.65. The molecule has 0 heterocycles. The Morgan fingerprint density at radius 1 is 1.70 bits per heavy atom. The Balaban J connectivity index is 2.27. The number of halogens is 1. The van der Waals surface area contributed by atoms with Crippen molar-refractivity contribution in [3.63, 3.8) is 0 Å². The zero-order valence-electron chi connectivity index (χ0n) is 5.90. The maximum Gasteiger partial charge on any atom is 0.140 e. The first-order valence-electron chi connectivity index (χ1n) is 3.86. The molecule has 2 aliphatic carbocycles. The van der Waals surface area contributed by atoms with Gasteiger partial charge in [-0.25, -0.2) is 0 Å². The first-order valence-corrected chi connectivity index (χ1v) is 4.98. The Morgan fingerprint density at radius 3 is 2.80 bits per heavy atom. The molecule has 2 rings (SSSR count). The highest BCUT2D eigenvalue weighted by Gasteiger charge is 2.50. The normalized spacial score (nSPS) is 44.9. The molecule has 0 amide bonds. The molecule has 0 aromatic heterocycles. The van der Waals surface area contributed by atoms with Crippen LogP contribution in [0.3, 0.4) is 0 Å². The molecule has 56 valence electrons. The molecular formula is C8H11BrO. The summed E-state index contributed by atoms with van der Waals surface area (Å²) in [6.45, 7) is 0. The van der Waals surface area contributed by atoms with Crippen molar-refractivity contribution in [2.45, 2.75) is 25.7 Å². The van der Waals surface area contributed by atoms with E-state index < -0.39 is 0 Å². The van der Waals surface area contributed by atoms with E-state index in [0.717, 1.165) is 30.5 Å². The molecule has 1 nitrogen and oxygen atoms in total. The number of hydrogen-bond donors (Lipinski definition) is 0. The van der Waals surface area contributed by atoms with Crippen LogP contribution in [-0.4, -0.2) is 11.1 Å². The lowest BCUT2D eigenvalue weighted by Gasteiger charge is -2.21. The lowest BCUT2D eigenvalue weighted by atomic mass is 9.85. The Kier molecular flexibility index (Phi) is 1.41. The SMILES string of the molecule is O=C1CC2CCC1(CBr)C2. The Labute approximate surface area is 69.3 Å². The molecule has 0 aromatic carbocycles. The highest BCUT2D eigenvalue weighted by Crippen LogP contribution is 2.52. The number of carbonyl (C=O) groups excluding carboxylic acids is 1. The summed E-state index contributed by atoms with van der Waals surface area (Å²) in [5, 5.41) is 0.898. The standard InChI is InChI=1S/C8H11BrO/c9-5-8-2-1-6(4-8)3-7(8)10/h6H,1-5H2. The van der Waals surface area contributed by atoms with Gasteiger partial charge in [-0.05, 0) is 25.2 Å². The molecule has 0 aliphatic heterocycles. The quantitative estimate of drug-likeness (QED) is 0.596. The van der Waals surface area contributed by atoms with Crippen LogP contribution in [0.1, 0.15) is 25.7 Å². The Hall–Kier alpha value is 0.150. The molecule has 0 aromatic rings. The summed E-state index contributed by atoms with van der Waals surface area (Å²) < 4.78 is 0. The van der Waals surface area contributed by atoms with E-state index >= 15 is 0 Å². The third kappa shape index (κ3) is 0.714. The molecule has 2 atom stereocenters. The van der Waals surface area contributed by atoms with Crippen LogP contribution in [0.4, 0.5) is 0 Å². The fraction of sp³-hybridized carbons (Fsp3) is 0.875. The van der Waals surface area contributed by atoms with E-state index in [1.54, 1.807) is 0 Å². The molecule has 0 spiro atoms. The van der Waals surface area contributed by atoms with E-state index in [0.29, 0.717) is 5.78 Å². The van der Waals surface area contributed by atoms with Crippen LogP contribution in [0.2, 0.25) is 0 Å². The van der Waals surface area contributed by atoms with Crippen LogP contribution in [0.15, 0.2) is 0 Å². The predicted molar refractivity (Wildman–Crippen MR) is 43.2 cm³/mol. The number of fused-ring (bicyclic) bond motifs is 2. The van der Waals surface area contributed by atoms with E-state index in [1.165, 1.54) is 6.42 Å². The minimum absolute atomic E-state index is 0.0880. The molecular weight excluding hydrogens is 192 g/mol. The topological polar surface area (TPSA) is 17.1 Å². The fourth-order valence-electron chi connectivity index (χ4n) is 2.34. The zero-order valence-corrected chi connectivity index (χ0v) is 7.49. The summed E-state index contributed by atoms with van der Waals surface area (Å²) in [5.74, 6) is 1.26. The second-order valence-corrected chi connectivity index (χ2v) is 4.21. The minimum atomic E-state index is 0.0880. The molecule has 0 saturated heterocycles. The van der Waals surface area contributed by atoms with E-state index in [9.17, 15) is 4.79 Å². The van der Waals surface area contributed by atoms with Gasteiger partial charge in [0.1, 0.15) is 5.78 Å². The summed E-state index contributed by atoms with van der Waals surface area (Å²) in [6.07, 6.45) is 4.46. The van der Waals surface area contributed by atoms with Crippen molar-refractivity contribution in [2.75, 3.05) is 5.33 Å². The van der Waals surface area contributed by atoms with Crippen LogP contribution in [0, 0.1) is 11.3 Å². The second kappa shape index (κ2) is 2.07. The molecule has 0 radical (unpaired) electrons. The molecule has 2 unspecified atom stereocenters. The third-order valence-corrected chi connectivity index (χ3v) is 4.11. The highest BCUT2D eigenvalue weighted by molar-refractivity contribution is 9.09. The minimum Gasteiger partial charge on any atom is -0.299 e. The van der Waals surface area contributed by atoms with Crippen molar-refractivity contribution < 1.29 is 4.79 Å². The maximum atomic E-state index is 11.4. The van der Waals surface area contributed by atoms with Gasteiger partial charge in [-0.2, -0.15) is 0 Å². The summed E-state index contributed by atoms with van der Waals surface area (Å²) in [4.78, 5) is 11.4. The number of carbonyl (C=O) groups is 1. The largest absolute Gasteiger partial charge is 0.299 e. The molecule has 2 heteroatoms. The van der Waals surface area contributed by atoms with Crippen molar-refractivity contribution in [1.29, 1.82) is 0 Å². The van der Waals surface area contributed by atoms with Gasteiger partial charge in [0.15, 0.2) is 0 Å². The van der Waals surface area contributed by atoms with Crippen molar-refractivity contribution in [3.05, 3.63) is 0 Å². The van der Waals surface area contributed by atoms with Crippen LogP contribution in [-0.2, 0) is 4.79 Å². The van der Waals surface area contributed by atoms with Gasteiger partial charge in [0.2, 0.25) is 0 Å². The summed E-state index contributed by atoms with van der Waals surface area (Å²) in [6, 6.07) is 0. The van der Waals surface area contributed by atoms with Gasteiger partial charge < -0.3 is 0 Å². The van der Waals surface area contributed by atoms with Gasteiger partial charge in [0.25, 0.3) is 0 Å². The molecule has 2 saturated carbocycles. The number of ketones is 1. The number of rotatable bonds is 1. The number of hydrogen-bond acceptors (Lipinski definition) is 1. The van der Waals surface area contributed by atoms with Gasteiger partial charge in [-0.1, -0.05) is 15.9 Å². The molecule has 10 heavy (non-hydrogen) atoms. The first-order chi connectivity index (χ1) is 4.77. The molecule has 2 bridgehead atoms. The van der Waals surface area contributed by atoms with Crippen molar-refractivity contribution >= 4 is 21.7 Å². The van der Waals surface area contributed by atoms with Gasteiger partial charge in [0, 0.05) is 17.2 Å². The lowest BCUT2D eigenvalue weighted by molar-refractivity contribution is -0.125. The van der Waals surface area contributed by atoms with Crippen LogP contribution in [0.5, 0.6) is 0 Å². The van der Waals surface area contributed by atoms with Crippen molar-refractivity contribution in [2.24, 2.45) is 11.3 Å². The summed E-state index contributed by atoms with van der Waals surface area (Å²) >= 11 is 3.44. The van der Waals surface area contributed by atoms with E-state index in [2.05, 4.69) is 15.9 Å². The first kappa shape index (κ1) is 6.84. The lowest BCUT2D eigenvalue weighted by Crippen LogP contribution is -2.26. The molecule has 2 aliphatic rings. The number of Topliss-reactive ketones (excluding diaryl/α,β-unsaturated/α-hetero) is 1. The van der Waals surface area contributed by atoms with Gasteiger partial charge >= 0.3 is 0 Å². The van der Waals surface area contributed by atoms with Gasteiger partial charge in [-0.15, -0.1) is 0 Å². The molecule has 2 fully saturated rings. The predicted octanol–water partition coefficient (Wildman–Crippen LogP) is 2.14. The van der Waals surface area contributed by atoms with Crippen LogP contribution >= 0.6 is 15.9 Å².